The Hall–Kier alpha value is -0.0800. The van der Waals surface area contributed by atoms with Gasteiger partial charge in [0.05, 0.1) is 5.51 Å². The van der Waals surface area contributed by atoms with Gasteiger partial charge in [-0.05, 0) is 31.6 Å². The molecule has 0 amide bonds. The highest BCUT2D eigenvalue weighted by Crippen LogP contribution is 2.30. The second kappa shape index (κ2) is 4.43. The third-order valence-corrected chi connectivity index (χ3v) is 3.89. The summed E-state index contributed by atoms with van der Waals surface area (Å²) in [6, 6.07) is 0. The first-order valence-corrected chi connectivity index (χ1v) is 6.17. The lowest BCUT2D eigenvalue weighted by Crippen LogP contribution is -2.16. The van der Waals surface area contributed by atoms with Gasteiger partial charge in [0, 0.05) is 16.5 Å². The summed E-state index contributed by atoms with van der Waals surface area (Å²) in [5.74, 6) is 0.802. The van der Waals surface area contributed by atoms with Gasteiger partial charge in [-0.25, -0.2) is 0 Å². The van der Waals surface area contributed by atoms with Gasteiger partial charge < -0.3 is 0 Å². The van der Waals surface area contributed by atoms with Crippen LogP contribution in [0.3, 0.4) is 0 Å². The summed E-state index contributed by atoms with van der Waals surface area (Å²) >= 11 is 7.90. The van der Waals surface area contributed by atoms with Gasteiger partial charge in [0.15, 0.2) is 0 Å². The van der Waals surface area contributed by atoms with Crippen molar-refractivity contribution in [1.82, 2.24) is 4.98 Å². The number of halogens is 1. The Kier molecular flexibility index (Phi) is 3.23. The summed E-state index contributed by atoms with van der Waals surface area (Å²) in [4.78, 5) is 5.50. The van der Waals surface area contributed by atoms with Crippen LogP contribution >= 0.6 is 22.9 Å². The van der Waals surface area contributed by atoms with Crippen LogP contribution in [0.2, 0.25) is 0 Å². The van der Waals surface area contributed by atoms with Crippen LogP contribution in [0.25, 0.3) is 0 Å². The van der Waals surface area contributed by atoms with E-state index >= 15 is 0 Å². The van der Waals surface area contributed by atoms with Crippen molar-refractivity contribution in [1.29, 1.82) is 0 Å². The van der Waals surface area contributed by atoms with Crippen molar-refractivity contribution in [2.75, 3.05) is 0 Å². The maximum atomic E-state index is 6.14. The molecule has 1 aromatic rings. The van der Waals surface area contributed by atoms with Gasteiger partial charge in [-0.15, -0.1) is 22.9 Å². The first-order chi connectivity index (χ1) is 6.34. The molecular formula is C10H14ClNS. The quantitative estimate of drug-likeness (QED) is 0.689. The third kappa shape index (κ3) is 2.68. The zero-order chi connectivity index (χ0) is 9.10. The lowest BCUT2D eigenvalue weighted by molar-refractivity contribution is 0.363. The second-order valence-electron chi connectivity index (χ2n) is 3.80. The summed E-state index contributed by atoms with van der Waals surface area (Å²) in [5, 5.41) is 0.423. The second-order valence-corrected chi connectivity index (χ2v) is 5.39. The van der Waals surface area contributed by atoms with Crippen LogP contribution in [0, 0.1) is 5.92 Å². The van der Waals surface area contributed by atoms with Gasteiger partial charge in [-0.2, -0.15) is 0 Å². The molecule has 1 aliphatic rings. The highest BCUT2D eigenvalue weighted by atomic mass is 35.5. The molecule has 1 aromatic heterocycles. The lowest BCUT2D eigenvalue weighted by Gasteiger charge is -2.24. The van der Waals surface area contributed by atoms with Crippen LogP contribution in [0.5, 0.6) is 0 Å². The number of alkyl halides is 1. The van der Waals surface area contributed by atoms with Crippen molar-refractivity contribution < 1.29 is 0 Å². The Morgan fingerprint density at radius 3 is 3.15 bits per heavy atom. The van der Waals surface area contributed by atoms with E-state index in [9.17, 15) is 0 Å². The van der Waals surface area contributed by atoms with Crippen LogP contribution in [0.4, 0.5) is 0 Å². The van der Waals surface area contributed by atoms with E-state index in [2.05, 4.69) is 4.98 Å². The summed E-state index contributed by atoms with van der Waals surface area (Å²) in [7, 11) is 0. The minimum atomic E-state index is 0.423. The Morgan fingerprint density at radius 1 is 1.54 bits per heavy atom. The van der Waals surface area contributed by atoms with E-state index in [1.54, 1.807) is 11.3 Å². The van der Waals surface area contributed by atoms with Gasteiger partial charge >= 0.3 is 0 Å². The summed E-state index contributed by atoms with van der Waals surface area (Å²) in [6.07, 6.45) is 8.23. The van der Waals surface area contributed by atoms with Crippen LogP contribution in [0.15, 0.2) is 11.7 Å². The predicted molar refractivity (Wildman–Crippen MR) is 57.4 cm³/mol. The van der Waals surface area contributed by atoms with Gasteiger partial charge in [-0.3, -0.25) is 4.98 Å². The average molecular weight is 216 g/mol. The maximum Gasteiger partial charge on any atom is 0.0794 e. The van der Waals surface area contributed by atoms with E-state index in [-0.39, 0.29) is 0 Å². The molecule has 1 heterocycles. The molecule has 2 atom stereocenters. The fraction of sp³-hybridized carbons (Fsp3) is 0.700. The van der Waals surface area contributed by atoms with Crippen LogP contribution < -0.4 is 0 Å². The molecule has 0 aromatic carbocycles. The molecule has 1 aliphatic carbocycles. The molecular weight excluding hydrogens is 202 g/mol. The van der Waals surface area contributed by atoms with Crippen LogP contribution in [-0.2, 0) is 6.42 Å². The zero-order valence-electron chi connectivity index (χ0n) is 7.58. The van der Waals surface area contributed by atoms with Crippen molar-refractivity contribution in [2.24, 2.45) is 5.92 Å². The first-order valence-electron chi connectivity index (χ1n) is 4.86. The number of hydrogen-bond acceptors (Lipinski definition) is 2. The Bertz CT molecular complexity index is 247. The van der Waals surface area contributed by atoms with E-state index < -0.39 is 0 Å². The molecule has 3 heteroatoms. The molecule has 0 N–H and O–H groups in total. The number of nitrogens with zero attached hydrogens (tertiary/aromatic N) is 1. The van der Waals surface area contributed by atoms with Gasteiger partial charge in [-0.1, -0.05) is 6.42 Å². The molecule has 0 saturated heterocycles. The third-order valence-electron chi connectivity index (χ3n) is 2.69. The van der Waals surface area contributed by atoms with Gasteiger partial charge in [0.1, 0.15) is 0 Å². The molecule has 2 rings (SSSR count). The largest absolute Gasteiger partial charge is 0.253 e. The smallest absolute Gasteiger partial charge is 0.0794 e. The normalized spacial score (nSPS) is 29.0. The number of thiazole rings is 1. The van der Waals surface area contributed by atoms with Crippen molar-refractivity contribution in [3.63, 3.8) is 0 Å². The molecule has 0 bridgehead atoms. The number of aromatic nitrogens is 1. The average Bonchev–Trinajstić information content (AvgIpc) is 2.57. The fourth-order valence-corrected chi connectivity index (χ4v) is 3.16. The molecule has 1 fully saturated rings. The highest BCUT2D eigenvalue weighted by molar-refractivity contribution is 7.09. The molecule has 1 saturated carbocycles. The maximum absolute atomic E-state index is 6.14. The molecule has 1 nitrogen and oxygen atoms in total. The van der Waals surface area contributed by atoms with E-state index in [0.29, 0.717) is 5.38 Å². The molecule has 13 heavy (non-hydrogen) atoms. The van der Waals surface area contributed by atoms with E-state index in [0.717, 1.165) is 5.92 Å². The molecule has 0 spiro atoms. The predicted octanol–water partition coefficient (Wildman–Crippen LogP) is 3.48. The zero-order valence-corrected chi connectivity index (χ0v) is 9.15. The van der Waals surface area contributed by atoms with Crippen LogP contribution in [-0.4, -0.2) is 10.4 Å². The van der Waals surface area contributed by atoms with Gasteiger partial charge in [0.25, 0.3) is 0 Å². The Labute approximate surface area is 88.1 Å². The Balaban J connectivity index is 1.87. The fourth-order valence-electron chi connectivity index (χ4n) is 2.04. The summed E-state index contributed by atoms with van der Waals surface area (Å²) in [6.45, 7) is 0. The van der Waals surface area contributed by atoms with Gasteiger partial charge in [0.2, 0.25) is 0 Å². The minimum Gasteiger partial charge on any atom is -0.253 e. The van der Waals surface area contributed by atoms with Crippen molar-refractivity contribution >= 4 is 22.9 Å². The monoisotopic (exact) mass is 215 g/mol. The van der Waals surface area contributed by atoms with Crippen molar-refractivity contribution in [3.8, 4) is 0 Å². The summed E-state index contributed by atoms with van der Waals surface area (Å²) in [5.41, 5.74) is 1.91. The molecule has 72 valence electrons. The van der Waals surface area contributed by atoms with Crippen molar-refractivity contribution in [3.05, 3.63) is 16.6 Å². The van der Waals surface area contributed by atoms with E-state index in [4.69, 9.17) is 11.6 Å². The first kappa shape index (κ1) is 9.47. The standard InChI is InChI=1S/C10H14ClNS/c11-9-3-1-2-8(4-9)5-10-6-12-7-13-10/h6-9H,1-5H2. The van der Waals surface area contributed by atoms with E-state index in [1.807, 2.05) is 11.7 Å². The molecule has 2 unspecified atom stereocenters. The van der Waals surface area contributed by atoms with E-state index in [1.165, 1.54) is 37.0 Å². The Morgan fingerprint density at radius 2 is 2.46 bits per heavy atom. The minimum absolute atomic E-state index is 0.423. The summed E-state index contributed by atoms with van der Waals surface area (Å²) < 4.78 is 0. The molecule has 0 radical (unpaired) electrons. The highest BCUT2D eigenvalue weighted by Gasteiger charge is 2.20. The van der Waals surface area contributed by atoms with Crippen LogP contribution in [0.1, 0.15) is 30.6 Å². The topological polar surface area (TPSA) is 12.9 Å². The van der Waals surface area contributed by atoms with Crippen molar-refractivity contribution in [2.45, 2.75) is 37.5 Å². The number of rotatable bonds is 2. The SMILES string of the molecule is ClC1CCCC(Cc2cncs2)C1. The molecule has 0 aliphatic heterocycles. The number of hydrogen-bond donors (Lipinski definition) is 0. The lowest BCUT2D eigenvalue weighted by atomic mass is 9.86.